The Labute approximate surface area is 677 Å². The van der Waals surface area contributed by atoms with Crippen molar-refractivity contribution in [3.05, 3.63) is 400 Å². The maximum absolute atomic E-state index is 5.52. The number of nitrogens with zero attached hydrogens (tertiary/aromatic N) is 6. The maximum atomic E-state index is 5.52. The first-order chi connectivity index (χ1) is 57.5. The van der Waals surface area contributed by atoms with E-state index in [0.29, 0.717) is 11.6 Å². The van der Waals surface area contributed by atoms with E-state index in [4.69, 9.17) is 29.9 Å². The fourth-order valence-corrected chi connectivity index (χ4v) is 19.3. The third-order valence-corrected chi connectivity index (χ3v) is 25.0. The van der Waals surface area contributed by atoms with Crippen LogP contribution < -0.4 is 0 Å². The molecule has 540 valence electrons. The van der Waals surface area contributed by atoms with Crippen LogP contribution in [0, 0.1) is 0 Å². The molecule has 0 radical (unpaired) electrons. The first kappa shape index (κ1) is 68.0. The lowest BCUT2D eigenvalue weighted by atomic mass is 9.93. The van der Waals surface area contributed by atoms with Crippen molar-refractivity contribution >= 4 is 128 Å². The van der Waals surface area contributed by atoms with Crippen LogP contribution in [0.5, 0.6) is 0 Å². The first-order valence-corrected chi connectivity index (χ1v) is 40.7. The van der Waals surface area contributed by atoms with Gasteiger partial charge in [0.2, 0.25) is 0 Å². The molecule has 17 aromatic carbocycles. The molecule has 116 heavy (non-hydrogen) atoms. The summed E-state index contributed by atoms with van der Waals surface area (Å²) in [4.78, 5) is 31.3. The molecule has 0 spiro atoms. The summed E-state index contributed by atoms with van der Waals surface area (Å²) in [6.45, 7) is 0. The molecule has 0 unspecified atom stereocenters. The topological polar surface area (TPSA) is 77.3 Å². The lowest BCUT2D eigenvalue weighted by Crippen LogP contribution is -1.96. The van der Waals surface area contributed by atoms with Gasteiger partial charge in [0.1, 0.15) is 0 Å². The summed E-state index contributed by atoms with van der Waals surface area (Å²) in [6.07, 6.45) is 0. The fourth-order valence-electron chi connectivity index (χ4n) is 16.8. The molecule has 0 saturated carbocycles. The highest BCUT2D eigenvalue weighted by Crippen LogP contribution is 2.49. The van der Waals surface area contributed by atoms with E-state index >= 15 is 0 Å². The van der Waals surface area contributed by atoms with Gasteiger partial charge in [0.15, 0.2) is 11.6 Å². The van der Waals surface area contributed by atoms with E-state index < -0.39 is 0 Å². The molecule has 23 rings (SSSR count). The summed E-state index contributed by atoms with van der Waals surface area (Å²) >= 11 is 3.71. The third kappa shape index (κ3) is 12.3. The van der Waals surface area contributed by atoms with Crippen LogP contribution in [0.1, 0.15) is 0 Å². The monoisotopic (exact) mass is 1510 g/mol. The second-order valence-corrected chi connectivity index (χ2v) is 31.6. The van der Waals surface area contributed by atoms with Crippen LogP contribution in [0.15, 0.2) is 400 Å². The minimum atomic E-state index is 0.700. The van der Waals surface area contributed by atoms with Gasteiger partial charge in [0, 0.05) is 95.6 Å². The Hall–Kier alpha value is -14.8. The summed E-state index contributed by atoms with van der Waals surface area (Å²) in [7, 11) is 0. The predicted molar refractivity (Wildman–Crippen MR) is 490 cm³/mol. The van der Waals surface area contributed by atoms with Crippen LogP contribution in [0.2, 0.25) is 0 Å². The Morgan fingerprint density at radius 1 is 0.172 bits per heavy atom. The van der Waals surface area contributed by atoms with Gasteiger partial charge in [0.25, 0.3) is 0 Å². The van der Waals surface area contributed by atoms with Gasteiger partial charge < -0.3 is 0 Å². The molecule has 0 bridgehead atoms. The highest BCUT2D eigenvalue weighted by molar-refractivity contribution is 7.27. The standard InChI is InChI=1S/C57H35N3S.C51H31N3S/c1-3-13-36(14-4-1)37-25-29-41(30-26-37)57-59-51(39-15-5-2-6-16-39)35-52(60-57)40-27-23-38(24-28-40)42-31-32-50-49(33-42)56-54(47-21-11-12-22-53(47)61-56)55(58-50)48-34-43-17-7-8-18-44(43)45-19-9-10-20-46(45)48;1-3-13-33(14-4-1)45-31-46(54-51(53-45)35-15-5-2-6-16-35)34-25-23-32(24-26-34)36-27-28-44-43(29-36)50-48(41-21-11-12-22-47(41)55-50)49(52-44)42-30-37-17-7-8-18-38(37)39-19-9-10-20-40(39)42/h1-35H;1-31H. The molecule has 0 saturated heterocycles. The molecule has 23 aromatic rings. The van der Waals surface area contributed by atoms with Gasteiger partial charge in [-0.1, -0.05) is 340 Å². The quantitative estimate of drug-likeness (QED) is 0.120. The van der Waals surface area contributed by atoms with Crippen LogP contribution >= 0.6 is 22.7 Å². The zero-order chi connectivity index (χ0) is 76.6. The van der Waals surface area contributed by atoms with Crippen molar-refractivity contribution in [1.29, 1.82) is 0 Å². The summed E-state index contributed by atoms with van der Waals surface area (Å²) in [5.41, 5.74) is 23.0. The summed E-state index contributed by atoms with van der Waals surface area (Å²) < 4.78 is 5.05. The van der Waals surface area contributed by atoms with Crippen molar-refractivity contribution in [3.8, 4) is 124 Å². The average Bonchev–Trinajstić information content (AvgIpc) is 1.21. The highest BCUT2D eigenvalue weighted by atomic mass is 32.1. The SMILES string of the molecule is c1ccc(-c2cc(-c3ccc(-c4ccc5nc(-c6cc7ccccc7c7ccccc67)c6c7ccccc7sc6c5c4)cc3)nc(-c3ccccc3)n2)cc1.c1ccc(-c2ccc(-c3nc(-c4ccccc4)cc(-c4ccc(-c5ccc6nc(-c7cc8ccccc8c8ccccc78)c7c8ccccc8sc7c6c5)cc4)n3)cc2)cc1. The number of pyridine rings is 2. The zero-order valence-electron chi connectivity index (χ0n) is 62.6. The lowest BCUT2D eigenvalue weighted by molar-refractivity contribution is 1.18. The molecular formula is C108H66N6S2. The largest absolute Gasteiger partial charge is 0.247 e. The first-order valence-electron chi connectivity index (χ1n) is 39.1. The molecule has 6 nitrogen and oxygen atoms in total. The molecule has 0 N–H and O–H groups in total. The van der Waals surface area contributed by atoms with Gasteiger partial charge in [-0.15, -0.1) is 22.7 Å². The number of hydrogen-bond acceptors (Lipinski definition) is 8. The van der Waals surface area contributed by atoms with Crippen molar-refractivity contribution < 1.29 is 0 Å². The Morgan fingerprint density at radius 3 is 0.853 bits per heavy atom. The van der Waals surface area contributed by atoms with Gasteiger partial charge >= 0.3 is 0 Å². The van der Waals surface area contributed by atoms with Crippen LogP contribution in [0.3, 0.4) is 0 Å². The minimum Gasteiger partial charge on any atom is -0.247 e. The molecule has 0 aliphatic rings. The fraction of sp³-hybridized carbons (Fsp3) is 0. The molecule has 0 amide bonds. The van der Waals surface area contributed by atoms with Gasteiger partial charge in [-0.2, -0.15) is 0 Å². The summed E-state index contributed by atoms with van der Waals surface area (Å²) in [5.74, 6) is 1.41. The van der Waals surface area contributed by atoms with Gasteiger partial charge in [-0.3, -0.25) is 0 Å². The van der Waals surface area contributed by atoms with Gasteiger partial charge in [-0.05, 0) is 137 Å². The Bertz CT molecular complexity index is 7720. The smallest absolute Gasteiger partial charge is 0.160 e. The Balaban J connectivity index is 0.000000141. The summed E-state index contributed by atoms with van der Waals surface area (Å²) in [6, 6.07) is 142. The molecule has 8 heteroatoms. The predicted octanol–water partition coefficient (Wildman–Crippen LogP) is 29.7. The van der Waals surface area contributed by atoms with Crippen molar-refractivity contribution in [3.63, 3.8) is 0 Å². The number of rotatable bonds is 11. The van der Waals surface area contributed by atoms with E-state index in [9.17, 15) is 0 Å². The second-order valence-electron chi connectivity index (χ2n) is 29.5. The van der Waals surface area contributed by atoms with Gasteiger partial charge in [-0.25, -0.2) is 29.9 Å². The maximum Gasteiger partial charge on any atom is 0.160 e. The number of fused-ring (bicyclic) bond motifs is 16. The van der Waals surface area contributed by atoms with Crippen molar-refractivity contribution in [2.75, 3.05) is 0 Å². The lowest BCUT2D eigenvalue weighted by Gasteiger charge is -2.14. The zero-order valence-corrected chi connectivity index (χ0v) is 64.2. The van der Waals surface area contributed by atoms with Crippen molar-refractivity contribution in [2.24, 2.45) is 0 Å². The van der Waals surface area contributed by atoms with Gasteiger partial charge in [0.05, 0.1) is 45.2 Å². The van der Waals surface area contributed by atoms with E-state index in [1.165, 1.54) is 99.9 Å². The van der Waals surface area contributed by atoms with E-state index in [0.717, 1.165) is 117 Å². The number of benzene rings is 17. The van der Waals surface area contributed by atoms with E-state index in [-0.39, 0.29) is 0 Å². The third-order valence-electron chi connectivity index (χ3n) is 22.6. The number of thiophene rings is 2. The number of aromatic nitrogens is 6. The second kappa shape index (κ2) is 28.7. The molecule has 6 aromatic heterocycles. The highest BCUT2D eigenvalue weighted by Gasteiger charge is 2.24. The minimum absolute atomic E-state index is 0.700. The van der Waals surface area contributed by atoms with E-state index in [2.05, 4.69) is 352 Å². The Kier molecular flexibility index (Phi) is 16.9. The molecule has 6 heterocycles. The van der Waals surface area contributed by atoms with Crippen molar-refractivity contribution in [1.82, 2.24) is 29.9 Å². The molecule has 0 atom stereocenters. The van der Waals surface area contributed by atoms with Crippen LogP contribution in [-0.2, 0) is 0 Å². The summed E-state index contributed by atoms with van der Waals surface area (Å²) in [5, 5.41) is 17.1. The average molecular weight is 1510 g/mol. The molecule has 0 aliphatic carbocycles. The van der Waals surface area contributed by atoms with Crippen LogP contribution in [0.4, 0.5) is 0 Å². The van der Waals surface area contributed by atoms with Crippen molar-refractivity contribution in [2.45, 2.75) is 0 Å². The van der Waals surface area contributed by atoms with Crippen LogP contribution in [0.25, 0.3) is 229 Å². The molecule has 0 fully saturated rings. The molecule has 0 aliphatic heterocycles. The van der Waals surface area contributed by atoms with E-state index in [1.807, 2.05) is 71.2 Å². The molecular weight excluding hydrogens is 1450 g/mol. The van der Waals surface area contributed by atoms with Crippen LogP contribution in [-0.4, -0.2) is 29.9 Å². The van der Waals surface area contributed by atoms with E-state index in [1.54, 1.807) is 0 Å². The normalized spacial score (nSPS) is 11.6. The number of hydrogen-bond donors (Lipinski definition) is 0. The Morgan fingerprint density at radius 2 is 0.448 bits per heavy atom.